The second-order valence-corrected chi connectivity index (χ2v) is 8.14. The summed E-state index contributed by atoms with van der Waals surface area (Å²) in [6.07, 6.45) is 6.07. The van der Waals surface area contributed by atoms with E-state index in [9.17, 15) is 4.79 Å². The summed E-state index contributed by atoms with van der Waals surface area (Å²) in [5.74, 6) is 0.733. The molecule has 0 aromatic heterocycles. The Morgan fingerprint density at radius 2 is 1.93 bits per heavy atom. The fourth-order valence-corrected chi connectivity index (χ4v) is 3.85. The molecule has 2 fully saturated rings. The molecular weight excluding hydrogens is 358 g/mol. The second kappa shape index (κ2) is 12.2. The molecule has 0 radical (unpaired) electrons. The van der Waals surface area contributed by atoms with Gasteiger partial charge in [-0.15, -0.1) is 0 Å². The number of morpholine rings is 1. The van der Waals surface area contributed by atoms with Gasteiger partial charge in [-0.25, -0.2) is 4.99 Å². The predicted octanol–water partition coefficient (Wildman–Crippen LogP) is 0.539. The van der Waals surface area contributed by atoms with Crippen LogP contribution in [0.4, 0.5) is 0 Å². The van der Waals surface area contributed by atoms with Gasteiger partial charge in [0.05, 0.1) is 13.2 Å². The molecule has 8 heteroatoms. The lowest BCUT2D eigenvalue weighted by Gasteiger charge is -2.30. The number of nitrogens with zero attached hydrogens (tertiary/aromatic N) is 3. The average molecular weight is 398 g/mol. The Balaban J connectivity index is 1.88. The Morgan fingerprint density at radius 1 is 1.21 bits per heavy atom. The Hall–Kier alpha value is -1.38. The minimum Gasteiger partial charge on any atom is -0.385 e. The van der Waals surface area contributed by atoms with E-state index in [0.717, 1.165) is 64.9 Å². The van der Waals surface area contributed by atoms with Crippen molar-refractivity contribution in [1.29, 1.82) is 0 Å². The van der Waals surface area contributed by atoms with Crippen LogP contribution in [0, 0.1) is 5.41 Å². The quantitative estimate of drug-likeness (QED) is 0.414. The molecule has 0 atom stereocenters. The van der Waals surface area contributed by atoms with Gasteiger partial charge >= 0.3 is 0 Å². The van der Waals surface area contributed by atoms with Crippen molar-refractivity contribution in [3.05, 3.63) is 0 Å². The van der Waals surface area contributed by atoms with E-state index in [-0.39, 0.29) is 17.9 Å². The number of guanidine groups is 1. The third kappa shape index (κ3) is 7.93. The van der Waals surface area contributed by atoms with Gasteiger partial charge in [-0.3, -0.25) is 9.69 Å². The van der Waals surface area contributed by atoms with E-state index in [1.54, 1.807) is 26.1 Å². The third-order valence-electron chi connectivity index (χ3n) is 5.83. The van der Waals surface area contributed by atoms with Crippen molar-refractivity contribution in [2.24, 2.45) is 10.4 Å². The number of ether oxygens (including phenoxy) is 2. The van der Waals surface area contributed by atoms with Crippen molar-refractivity contribution in [2.75, 3.05) is 80.3 Å². The molecule has 0 aromatic rings. The largest absolute Gasteiger partial charge is 0.385 e. The van der Waals surface area contributed by atoms with Crippen molar-refractivity contribution in [3.63, 3.8) is 0 Å². The van der Waals surface area contributed by atoms with Gasteiger partial charge in [0.15, 0.2) is 5.96 Å². The first-order valence-electron chi connectivity index (χ1n) is 10.6. The van der Waals surface area contributed by atoms with E-state index in [0.29, 0.717) is 0 Å². The van der Waals surface area contributed by atoms with Crippen LogP contribution in [0.1, 0.15) is 32.1 Å². The number of hydrogen-bond acceptors (Lipinski definition) is 5. The van der Waals surface area contributed by atoms with Gasteiger partial charge in [-0.1, -0.05) is 12.8 Å². The van der Waals surface area contributed by atoms with Crippen LogP contribution in [0.15, 0.2) is 4.99 Å². The predicted molar refractivity (Wildman–Crippen MR) is 112 cm³/mol. The fraction of sp³-hybridized carbons (Fsp3) is 0.900. The van der Waals surface area contributed by atoms with Gasteiger partial charge in [0.1, 0.15) is 6.54 Å². The zero-order chi connectivity index (χ0) is 20.2. The molecule has 8 nitrogen and oxygen atoms in total. The lowest BCUT2D eigenvalue weighted by atomic mass is 9.83. The van der Waals surface area contributed by atoms with E-state index < -0.39 is 0 Å². The molecule has 1 saturated carbocycles. The van der Waals surface area contributed by atoms with Gasteiger partial charge in [0, 0.05) is 60.5 Å². The van der Waals surface area contributed by atoms with Crippen LogP contribution < -0.4 is 10.6 Å². The molecule has 1 heterocycles. The highest BCUT2D eigenvalue weighted by Gasteiger charge is 2.33. The molecule has 0 bridgehead atoms. The lowest BCUT2D eigenvalue weighted by molar-refractivity contribution is -0.127. The Kier molecular flexibility index (Phi) is 10.0. The number of amides is 1. The lowest BCUT2D eigenvalue weighted by Crippen LogP contribution is -2.47. The standard InChI is InChI=1S/C20H39N5O3/c1-24(2)18(26)16-22-19(21-9-10-25-11-14-28-15-12-25)23-17-20(8-13-27-3)6-4-5-7-20/h4-17H2,1-3H3,(H2,21,22,23). The molecular formula is C20H39N5O3. The van der Waals surface area contributed by atoms with Crippen molar-refractivity contribution < 1.29 is 14.3 Å². The van der Waals surface area contributed by atoms with Crippen LogP contribution in [0.3, 0.4) is 0 Å². The Bertz CT molecular complexity index is 486. The highest BCUT2D eigenvalue weighted by Crippen LogP contribution is 2.40. The van der Waals surface area contributed by atoms with Crippen molar-refractivity contribution in [1.82, 2.24) is 20.4 Å². The average Bonchev–Trinajstić information content (AvgIpc) is 3.17. The summed E-state index contributed by atoms with van der Waals surface area (Å²) >= 11 is 0. The summed E-state index contributed by atoms with van der Waals surface area (Å²) in [5.41, 5.74) is 0.272. The smallest absolute Gasteiger partial charge is 0.243 e. The molecule has 1 aliphatic carbocycles. The maximum absolute atomic E-state index is 12.0. The molecule has 0 spiro atoms. The summed E-state index contributed by atoms with van der Waals surface area (Å²) in [4.78, 5) is 20.4. The minimum absolute atomic E-state index is 0.00393. The van der Waals surface area contributed by atoms with Gasteiger partial charge in [0.25, 0.3) is 0 Å². The zero-order valence-corrected chi connectivity index (χ0v) is 18.0. The molecule has 162 valence electrons. The summed E-state index contributed by atoms with van der Waals surface area (Å²) < 4.78 is 10.7. The van der Waals surface area contributed by atoms with Crippen LogP contribution >= 0.6 is 0 Å². The Morgan fingerprint density at radius 3 is 2.57 bits per heavy atom. The molecule has 2 N–H and O–H groups in total. The number of carbonyl (C=O) groups excluding carboxylic acids is 1. The SMILES string of the molecule is COCCC1(CNC(=NCC(=O)N(C)C)NCCN2CCOCC2)CCCC1. The van der Waals surface area contributed by atoms with Crippen molar-refractivity contribution in [2.45, 2.75) is 32.1 Å². The van der Waals surface area contributed by atoms with Crippen LogP contribution in [0.25, 0.3) is 0 Å². The van der Waals surface area contributed by atoms with E-state index in [4.69, 9.17) is 9.47 Å². The van der Waals surface area contributed by atoms with E-state index >= 15 is 0 Å². The van der Waals surface area contributed by atoms with E-state index in [2.05, 4.69) is 20.5 Å². The number of rotatable bonds is 10. The normalized spacial score (nSPS) is 20.2. The van der Waals surface area contributed by atoms with Crippen LogP contribution in [0.2, 0.25) is 0 Å². The molecule has 2 aliphatic rings. The molecule has 0 unspecified atom stereocenters. The number of likely N-dealkylation sites (N-methyl/N-ethyl adjacent to an activating group) is 1. The highest BCUT2D eigenvalue weighted by molar-refractivity contribution is 5.84. The number of aliphatic imine (C=N–C) groups is 1. The monoisotopic (exact) mass is 397 g/mol. The molecule has 1 aliphatic heterocycles. The van der Waals surface area contributed by atoms with Crippen molar-refractivity contribution in [3.8, 4) is 0 Å². The van der Waals surface area contributed by atoms with Crippen LogP contribution in [-0.4, -0.2) is 102 Å². The van der Waals surface area contributed by atoms with Gasteiger partial charge in [-0.2, -0.15) is 0 Å². The van der Waals surface area contributed by atoms with E-state index in [1.807, 2.05) is 0 Å². The number of methoxy groups -OCH3 is 1. The van der Waals surface area contributed by atoms with E-state index in [1.165, 1.54) is 25.7 Å². The first-order chi connectivity index (χ1) is 13.5. The van der Waals surface area contributed by atoms with Gasteiger partial charge < -0.3 is 25.0 Å². The maximum atomic E-state index is 12.0. The summed E-state index contributed by atoms with van der Waals surface area (Å²) in [6, 6.07) is 0. The third-order valence-corrected chi connectivity index (χ3v) is 5.83. The fourth-order valence-electron chi connectivity index (χ4n) is 3.85. The topological polar surface area (TPSA) is 78.4 Å². The Labute approximate surface area is 170 Å². The maximum Gasteiger partial charge on any atom is 0.243 e. The van der Waals surface area contributed by atoms with Crippen molar-refractivity contribution >= 4 is 11.9 Å². The van der Waals surface area contributed by atoms with Gasteiger partial charge in [0.2, 0.25) is 5.91 Å². The minimum atomic E-state index is 0.00393. The molecule has 1 amide bonds. The number of carbonyl (C=O) groups is 1. The van der Waals surface area contributed by atoms with Gasteiger partial charge in [-0.05, 0) is 24.7 Å². The first kappa shape index (κ1) is 22.9. The number of nitrogens with one attached hydrogen (secondary N) is 2. The van der Waals surface area contributed by atoms with Crippen LogP contribution in [-0.2, 0) is 14.3 Å². The highest BCUT2D eigenvalue weighted by atomic mass is 16.5. The zero-order valence-electron chi connectivity index (χ0n) is 18.0. The summed E-state index contributed by atoms with van der Waals surface area (Å²) in [6.45, 7) is 7.12. The summed E-state index contributed by atoms with van der Waals surface area (Å²) in [5, 5.41) is 6.93. The summed E-state index contributed by atoms with van der Waals surface area (Å²) in [7, 11) is 5.28. The number of hydrogen-bond donors (Lipinski definition) is 2. The molecule has 1 saturated heterocycles. The molecule has 0 aromatic carbocycles. The van der Waals surface area contributed by atoms with Crippen LogP contribution in [0.5, 0.6) is 0 Å². The second-order valence-electron chi connectivity index (χ2n) is 8.14. The first-order valence-corrected chi connectivity index (χ1v) is 10.6. The molecule has 2 rings (SSSR count). The molecule has 28 heavy (non-hydrogen) atoms.